The smallest absolute Gasteiger partial charge is 0.240 e. The normalized spacial score (nSPS) is 35.8. The SMILES string of the molecule is C[C@@H]1C[C@@H]2C[C@@H]2N1C(=O)[C@@H](NC(c1ccccc1)(c1ccccc1)c1ccccc1)C12CC3CC(CC(O)(C3)C1)C2. The third kappa shape index (κ3) is 4.05. The van der Waals surface area contributed by atoms with E-state index in [1.165, 1.54) is 6.42 Å². The minimum Gasteiger partial charge on any atom is -0.390 e. The van der Waals surface area contributed by atoms with E-state index < -0.39 is 11.1 Å². The molecular formula is C37H42N2O2. The molecule has 4 bridgehead atoms. The molecular weight excluding hydrogens is 504 g/mol. The second kappa shape index (κ2) is 9.28. The molecule has 6 aliphatic rings. The number of nitrogens with one attached hydrogen (secondary N) is 1. The quantitative estimate of drug-likeness (QED) is 0.343. The Labute approximate surface area is 244 Å². The van der Waals surface area contributed by atoms with Gasteiger partial charge in [0, 0.05) is 12.1 Å². The van der Waals surface area contributed by atoms with Crippen LogP contribution >= 0.6 is 0 Å². The highest BCUT2D eigenvalue weighted by atomic mass is 16.3. The van der Waals surface area contributed by atoms with E-state index in [-0.39, 0.29) is 23.4 Å². The minimum absolute atomic E-state index is 0.258. The Bertz CT molecular complexity index is 1310. The van der Waals surface area contributed by atoms with E-state index in [4.69, 9.17) is 0 Å². The van der Waals surface area contributed by atoms with Gasteiger partial charge in [-0.2, -0.15) is 0 Å². The van der Waals surface area contributed by atoms with Gasteiger partial charge in [-0.15, -0.1) is 0 Å². The van der Waals surface area contributed by atoms with Gasteiger partial charge in [0.15, 0.2) is 0 Å². The second-order valence-electron chi connectivity index (χ2n) is 14.4. The molecule has 1 saturated heterocycles. The molecule has 2 unspecified atom stereocenters. The molecule has 41 heavy (non-hydrogen) atoms. The second-order valence-corrected chi connectivity index (χ2v) is 14.4. The van der Waals surface area contributed by atoms with Crippen molar-refractivity contribution in [2.24, 2.45) is 23.2 Å². The number of rotatable bonds is 7. The monoisotopic (exact) mass is 546 g/mol. The van der Waals surface area contributed by atoms with Crippen molar-refractivity contribution in [3.8, 4) is 0 Å². The highest BCUT2D eigenvalue weighted by Crippen LogP contribution is 2.64. The van der Waals surface area contributed by atoms with Crippen molar-refractivity contribution < 1.29 is 9.90 Å². The van der Waals surface area contributed by atoms with E-state index in [0.717, 1.165) is 61.6 Å². The molecule has 4 heteroatoms. The Morgan fingerprint density at radius 3 is 1.76 bits per heavy atom. The Balaban J connectivity index is 1.33. The lowest BCUT2D eigenvalue weighted by Crippen LogP contribution is -2.68. The largest absolute Gasteiger partial charge is 0.390 e. The molecule has 4 nitrogen and oxygen atoms in total. The molecule has 6 atom stereocenters. The van der Waals surface area contributed by atoms with Crippen LogP contribution in [0.3, 0.4) is 0 Å². The molecule has 0 spiro atoms. The van der Waals surface area contributed by atoms with Gasteiger partial charge in [0.05, 0.1) is 17.2 Å². The Hall–Kier alpha value is -2.95. The number of hydrogen-bond acceptors (Lipinski definition) is 3. The van der Waals surface area contributed by atoms with Gasteiger partial charge in [-0.1, -0.05) is 91.0 Å². The molecule has 0 aromatic heterocycles. The fourth-order valence-electron chi connectivity index (χ4n) is 10.4. The third-order valence-electron chi connectivity index (χ3n) is 11.5. The van der Waals surface area contributed by atoms with Crippen molar-refractivity contribution >= 4 is 5.91 Å². The van der Waals surface area contributed by atoms with Crippen LogP contribution in [0.1, 0.15) is 75.0 Å². The van der Waals surface area contributed by atoms with Crippen LogP contribution in [0.25, 0.3) is 0 Å². The highest BCUT2D eigenvalue weighted by Gasteiger charge is 2.64. The summed E-state index contributed by atoms with van der Waals surface area (Å²) in [5.41, 5.74) is 1.79. The van der Waals surface area contributed by atoms with Crippen molar-refractivity contribution in [2.75, 3.05) is 0 Å². The average Bonchev–Trinajstić information content (AvgIpc) is 3.63. The van der Waals surface area contributed by atoms with Gasteiger partial charge < -0.3 is 10.0 Å². The van der Waals surface area contributed by atoms with Crippen LogP contribution in [0, 0.1) is 23.2 Å². The van der Waals surface area contributed by atoms with Crippen molar-refractivity contribution in [3.63, 3.8) is 0 Å². The lowest BCUT2D eigenvalue weighted by molar-refractivity contribution is -0.182. The maximum absolute atomic E-state index is 15.2. The predicted molar refractivity (Wildman–Crippen MR) is 161 cm³/mol. The maximum Gasteiger partial charge on any atom is 0.240 e. The topological polar surface area (TPSA) is 52.6 Å². The molecule has 2 N–H and O–H groups in total. The summed E-state index contributed by atoms with van der Waals surface area (Å²) in [6, 6.07) is 32.4. The zero-order valence-electron chi connectivity index (χ0n) is 24.1. The van der Waals surface area contributed by atoms with Gasteiger partial charge in [0.2, 0.25) is 5.91 Å². The van der Waals surface area contributed by atoms with Crippen LogP contribution in [-0.2, 0) is 10.3 Å². The Kier molecular flexibility index (Phi) is 5.82. The zero-order chi connectivity index (χ0) is 27.8. The summed E-state index contributed by atoms with van der Waals surface area (Å²) in [6.07, 6.45) is 8.05. The minimum atomic E-state index is -0.720. The number of piperidine rings is 1. The van der Waals surface area contributed by atoms with Crippen LogP contribution < -0.4 is 5.32 Å². The molecule has 5 aliphatic carbocycles. The fourth-order valence-corrected chi connectivity index (χ4v) is 10.4. The molecule has 9 rings (SSSR count). The Morgan fingerprint density at radius 1 is 0.805 bits per heavy atom. The number of carbonyl (C=O) groups is 1. The predicted octanol–water partition coefficient (Wildman–Crippen LogP) is 6.28. The fraction of sp³-hybridized carbons (Fsp3) is 0.486. The first-order chi connectivity index (χ1) is 19.9. The van der Waals surface area contributed by atoms with Gasteiger partial charge in [-0.3, -0.25) is 10.1 Å². The van der Waals surface area contributed by atoms with E-state index in [1.54, 1.807) is 0 Å². The molecule has 5 saturated carbocycles. The summed E-state index contributed by atoms with van der Waals surface area (Å²) in [6.45, 7) is 2.24. The zero-order valence-corrected chi connectivity index (χ0v) is 24.1. The maximum atomic E-state index is 15.2. The first-order valence-electron chi connectivity index (χ1n) is 15.9. The van der Waals surface area contributed by atoms with Gasteiger partial charge >= 0.3 is 0 Å². The number of likely N-dealkylation sites (tertiary alicyclic amines) is 1. The van der Waals surface area contributed by atoms with E-state index in [9.17, 15) is 5.11 Å². The summed E-state index contributed by atoms with van der Waals surface area (Å²) >= 11 is 0. The molecule has 3 aromatic rings. The van der Waals surface area contributed by atoms with Crippen molar-refractivity contribution in [1.82, 2.24) is 10.2 Å². The number of benzene rings is 3. The highest BCUT2D eigenvalue weighted by molar-refractivity contribution is 5.85. The standard InChI is InChI=1S/C37H42N2O2/c1-25-17-28-19-32(28)39(25)34(40)33(35-20-26-18-27(21-35)23-36(41,22-26)24-35)38-37(29-11-5-2-6-12-29,30-13-7-3-8-14-30)31-15-9-4-10-16-31/h2-16,25-28,32-33,38,41H,17-24H2,1H3/t25-,26?,27?,28-,32+,33-,35?,36?/m1/s1. The molecule has 1 heterocycles. The van der Waals surface area contributed by atoms with E-state index in [0.29, 0.717) is 23.8 Å². The van der Waals surface area contributed by atoms with Crippen LogP contribution in [0.5, 0.6) is 0 Å². The van der Waals surface area contributed by atoms with Crippen molar-refractivity contribution in [3.05, 3.63) is 108 Å². The first-order valence-corrected chi connectivity index (χ1v) is 15.9. The average molecular weight is 547 g/mol. The summed E-state index contributed by atoms with van der Waals surface area (Å²) in [4.78, 5) is 17.4. The van der Waals surface area contributed by atoms with Gasteiger partial charge in [0.1, 0.15) is 0 Å². The van der Waals surface area contributed by atoms with Gasteiger partial charge in [0.25, 0.3) is 0 Å². The lowest BCUT2D eigenvalue weighted by Gasteiger charge is -2.63. The first kappa shape index (κ1) is 25.7. The Morgan fingerprint density at radius 2 is 1.32 bits per heavy atom. The van der Waals surface area contributed by atoms with E-state index >= 15 is 4.79 Å². The van der Waals surface area contributed by atoms with Crippen LogP contribution in [0.4, 0.5) is 0 Å². The molecule has 1 amide bonds. The van der Waals surface area contributed by atoms with Gasteiger partial charge in [-0.25, -0.2) is 0 Å². The van der Waals surface area contributed by atoms with Gasteiger partial charge in [-0.05, 0) is 98.1 Å². The van der Waals surface area contributed by atoms with Crippen LogP contribution in [0.15, 0.2) is 91.0 Å². The number of amides is 1. The molecule has 0 radical (unpaired) electrons. The van der Waals surface area contributed by atoms with Crippen molar-refractivity contribution in [1.29, 1.82) is 0 Å². The summed E-state index contributed by atoms with van der Waals surface area (Å²) in [5, 5.41) is 16.1. The molecule has 1 aliphatic heterocycles. The number of nitrogens with zero attached hydrogens (tertiary/aromatic N) is 1. The van der Waals surface area contributed by atoms with E-state index in [1.807, 2.05) is 0 Å². The molecule has 212 valence electrons. The molecule has 6 fully saturated rings. The van der Waals surface area contributed by atoms with Crippen LogP contribution in [0.2, 0.25) is 0 Å². The van der Waals surface area contributed by atoms with Crippen molar-refractivity contribution in [2.45, 2.75) is 87.6 Å². The molecule has 3 aromatic carbocycles. The number of fused-ring (bicyclic) bond motifs is 1. The summed E-state index contributed by atoms with van der Waals surface area (Å²) in [5.74, 6) is 1.93. The van der Waals surface area contributed by atoms with Crippen LogP contribution in [-0.4, -0.2) is 39.6 Å². The lowest BCUT2D eigenvalue weighted by atomic mass is 9.46. The number of aliphatic hydroxyl groups is 1. The summed E-state index contributed by atoms with van der Waals surface area (Å²) < 4.78 is 0. The summed E-state index contributed by atoms with van der Waals surface area (Å²) in [7, 11) is 0. The number of carbonyl (C=O) groups excluding carboxylic acids is 1. The van der Waals surface area contributed by atoms with E-state index in [2.05, 4.69) is 108 Å². The number of hydrogen-bond donors (Lipinski definition) is 2. The third-order valence-corrected chi connectivity index (χ3v) is 11.5.